The predicted octanol–water partition coefficient (Wildman–Crippen LogP) is 3.46. The highest BCUT2D eigenvalue weighted by atomic mass is 35.5. The molecule has 0 spiro atoms. The third kappa shape index (κ3) is 3.44. The number of oxime groups is 1. The van der Waals surface area contributed by atoms with Gasteiger partial charge in [0.05, 0.1) is 10.6 Å². The zero-order valence-electron chi connectivity index (χ0n) is 11.3. The van der Waals surface area contributed by atoms with Crippen LogP contribution in [0.15, 0.2) is 41.6 Å². The molecule has 2 aromatic rings. The van der Waals surface area contributed by atoms with E-state index in [2.05, 4.69) is 5.16 Å². The van der Waals surface area contributed by atoms with Crippen LogP contribution in [0.4, 0.5) is 4.39 Å². The molecule has 6 heteroatoms. The Balaban J connectivity index is 2.26. The molecule has 0 atom stereocenters. The Bertz CT molecular complexity index is 689. The maximum absolute atomic E-state index is 13.1. The Hall–Kier alpha value is -2.27. The highest BCUT2D eigenvalue weighted by Gasteiger charge is 2.13. The molecule has 110 valence electrons. The third-order valence-corrected chi connectivity index (χ3v) is 3.34. The average Bonchev–Trinajstić information content (AvgIpc) is 2.45. The van der Waals surface area contributed by atoms with Gasteiger partial charge in [-0.1, -0.05) is 28.9 Å². The largest absolute Gasteiger partial charge is 0.488 e. The summed E-state index contributed by atoms with van der Waals surface area (Å²) in [5.41, 5.74) is 7.54. The Morgan fingerprint density at radius 1 is 1.38 bits per heavy atom. The number of nitrogens with two attached hydrogens (primary N) is 1. The Morgan fingerprint density at radius 3 is 2.81 bits per heavy atom. The summed E-state index contributed by atoms with van der Waals surface area (Å²) in [5.74, 6) is -0.0377. The normalized spacial score (nSPS) is 11.5. The summed E-state index contributed by atoms with van der Waals surface area (Å²) < 4.78 is 18.7. The second-order valence-electron chi connectivity index (χ2n) is 4.46. The topological polar surface area (TPSA) is 67.8 Å². The number of ether oxygens (including phenoxy) is 1. The van der Waals surface area contributed by atoms with E-state index in [9.17, 15) is 4.39 Å². The molecule has 0 aromatic heterocycles. The first-order valence-electron chi connectivity index (χ1n) is 6.17. The molecular weight excluding hydrogens is 295 g/mol. The fourth-order valence-corrected chi connectivity index (χ4v) is 2.16. The zero-order chi connectivity index (χ0) is 15.4. The van der Waals surface area contributed by atoms with Crippen molar-refractivity contribution in [3.05, 3.63) is 63.9 Å². The van der Waals surface area contributed by atoms with Crippen LogP contribution in [0.5, 0.6) is 5.75 Å². The number of nitrogens with zero attached hydrogens (tertiary/aromatic N) is 1. The Kier molecular flexibility index (Phi) is 4.65. The number of halogens is 2. The number of hydrogen-bond acceptors (Lipinski definition) is 3. The van der Waals surface area contributed by atoms with Crippen molar-refractivity contribution in [2.24, 2.45) is 10.9 Å². The lowest BCUT2D eigenvalue weighted by Crippen LogP contribution is -2.15. The highest BCUT2D eigenvalue weighted by Crippen LogP contribution is 2.27. The summed E-state index contributed by atoms with van der Waals surface area (Å²) in [6.45, 7) is 2.02. The molecular formula is C15H14ClFN2O2. The van der Waals surface area contributed by atoms with Crippen molar-refractivity contribution >= 4 is 17.4 Å². The molecule has 0 bridgehead atoms. The monoisotopic (exact) mass is 308 g/mol. The van der Waals surface area contributed by atoms with Gasteiger partial charge in [-0.3, -0.25) is 0 Å². The minimum atomic E-state index is -0.295. The second kappa shape index (κ2) is 6.45. The smallest absolute Gasteiger partial charge is 0.175 e. The molecule has 3 N–H and O–H groups in total. The summed E-state index contributed by atoms with van der Waals surface area (Å²) in [6, 6.07) is 9.43. The van der Waals surface area contributed by atoms with E-state index >= 15 is 0 Å². The lowest BCUT2D eigenvalue weighted by Gasteiger charge is -2.13. The van der Waals surface area contributed by atoms with Crippen LogP contribution in [0.2, 0.25) is 5.02 Å². The molecule has 21 heavy (non-hydrogen) atoms. The van der Waals surface area contributed by atoms with Crippen LogP contribution in [-0.4, -0.2) is 11.0 Å². The van der Waals surface area contributed by atoms with Crippen molar-refractivity contribution in [2.75, 3.05) is 0 Å². The summed E-state index contributed by atoms with van der Waals surface area (Å²) in [6.07, 6.45) is 0. The van der Waals surface area contributed by atoms with E-state index < -0.39 is 0 Å². The van der Waals surface area contributed by atoms with Gasteiger partial charge in [0.1, 0.15) is 18.2 Å². The van der Waals surface area contributed by atoms with Crippen LogP contribution >= 0.6 is 11.6 Å². The standard InChI is InChI=1S/C15H14ClFN2O2/c1-9-7-11(17)6-5-10(9)8-21-13-4-2-3-12(16)14(13)15(18)19-20/h2-7,20H,8H2,1H3,(H2,18,19). The van der Waals surface area contributed by atoms with Crippen LogP contribution in [0.3, 0.4) is 0 Å². The van der Waals surface area contributed by atoms with Crippen LogP contribution < -0.4 is 10.5 Å². The van der Waals surface area contributed by atoms with Gasteiger partial charge >= 0.3 is 0 Å². The first-order valence-corrected chi connectivity index (χ1v) is 6.55. The van der Waals surface area contributed by atoms with Crippen molar-refractivity contribution in [1.29, 1.82) is 0 Å². The molecule has 2 aromatic carbocycles. The lowest BCUT2D eigenvalue weighted by atomic mass is 10.1. The van der Waals surface area contributed by atoms with Crippen LogP contribution in [-0.2, 0) is 6.61 Å². The van der Waals surface area contributed by atoms with E-state index in [1.54, 1.807) is 31.2 Å². The summed E-state index contributed by atoms with van der Waals surface area (Å²) in [4.78, 5) is 0. The highest BCUT2D eigenvalue weighted by molar-refractivity contribution is 6.34. The first kappa shape index (κ1) is 15.1. The van der Waals surface area contributed by atoms with Gasteiger partial charge in [0.15, 0.2) is 5.84 Å². The van der Waals surface area contributed by atoms with Gasteiger partial charge in [0.2, 0.25) is 0 Å². The van der Waals surface area contributed by atoms with Gasteiger partial charge in [0.25, 0.3) is 0 Å². The number of amidine groups is 1. The molecule has 4 nitrogen and oxygen atoms in total. The number of aryl methyl sites for hydroxylation is 1. The van der Waals surface area contributed by atoms with Gasteiger partial charge in [-0.2, -0.15) is 0 Å². The molecule has 0 radical (unpaired) electrons. The van der Waals surface area contributed by atoms with Crippen molar-refractivity contribution < 1.29 is 14.3 Å². The molecule has 0 saturated carbocycles. The lowest BCUT2D eigenvalue weighted by molar-refractivity contribution is 0.302. The van der Waals surface area contributed by atoms with E-state index in [1.165, 1.54) is 12.1 Å². The summed E-state index contributed by atoms with van der Waals surface area (Å²) in [7, 11) is 0. The van der Waals surface area contributed by atoms with Gasteiger partial charge in [0, 0.05) is 0 Å². The van der Waals surface area contributed by atoms with Gasteiger partial charge in [-0.15, -0.1) is 0 Å². The van der Waals surface area contributed by atoms with Crippen molar-refractivity contribution in [3.63, 3.8) is 0 Å². The van der Waals surface area contributed by atoms with E-state index in [0.29, 0.717) is 16.3 Å². The van der Waals surface area contributed by atoms with Crippen molar-refractivity contribution in [1.82, 2.24) is 0 Å². The Labute approximate surface area is 126 Å². The van der Waals surface area contributed by atoms with E-state index in [0.717, 1.165) is 11.1 Å². The van der Waals surface area contributed by atoms with Gasteiger partial charge in [-0.25, -0.2) is 4.39 Å². The molecule has 0 fully saturated rings. The van der Waals surface area contributed by atoms with Crippen molar-refractivity contribution in [2.45, 2.75) is 13.5 Å². The molecule has 0 amide bonds. The maximum atomic E-state index is 13.1. The maximum Gasteiger partial charge on any atom is 0.175 e. The molecule has 0 aliphatic carbocycles. The Morgan fingerprint density at radius 2 is 2.14 bits per heavy atom. The summed E-state index contributed by atoms with van der Waals surface area (Å²) in [5, 5.41) is 12.1. The summed E-state index contributed by atoms with van der Waals surface area (Å²) >= 11 is 6.04. The fraction of sp³-hybridized carbons (Fsp3) is 0.133. The first-order chi connectivity index (χ1) is 10.0. The molecule has 0 aliphatic rings. The number of benzene rings is 2. The second-order valence-corrected chi connectivity index (χ2v) is 4.86. The molecule has 0 aliphatic heterocycles. The van der Waals surface area contributed by atoms with Crippen LogP contribution in [0.1, 0.15) is 16.7 Å². The molecule has 0 saturated heterocycles. The molecule has 0 unspecified atom stereocenters. The van der Waals surface area contributed by atoms with Crippen LogP contribution in [0.25, 0.3) is 0 Å². The van der Waals surface area contributed by atoms with Gasteiger partial charge < -0.3 is 15.7 Å². The quantitative estimate of drug-likeness (QED) is 0.393. The van der Waals surface area contributed by atoms with E-state index in [-0.39, 0.29) is 18.3 Å². The zero-order valence-corrected chi connectivity index (χ0v) is 12.1. The average molecular weight is 309 g/mol. The van der Waals surface area contributed by atoms with Crippen molar-refractivity contribution in [3.8, 4) is 5.75 Å². The predicted molar refractivity (Wildman–Crippen MR) is 79.4 cm³/mol. The number of rotatable bonds is 4. The van der Waals surface area contributed by atoms with Crippen LogP contribution in [0, 0.1) is 12.7 Å². The SMILES string of the molecule is Cc1cc(F)ccc1COc1cccc(Cl)c1/C(N)=N/O. The molecule has 2 rings (SSSR count). The minimum Gasteiger partial charge on any atom is -0.488 e. The minimum absolute atomic E-state index is 0.133. The number of hydrogen-bond donors (Lipinski definition) is 2. The van der Waals surface area contributed by atoms with E-state index in [1.807, 2.05) is 0 Å². The third-order valence-electron chi connectivity index (χ3n) is 3.03. The van der Waals surface area contributed by atoms with E-state index in [4.69, 9.17) is 27.3 Å². The molecule has 0 heterocycles. The van der Waals surface area contributed by atoms with Gasteiger partial charge in [-0.05, 0) is 42.3 Å². The fourth-order valence-electron chi connectivity index (χ4n) is 1.90.